The molecule has 31 heavy (non-hydrogen) atoms. The van der Waals surface area contributed by atoms with Gasteiger partial charge in [0.05, 0.1) is 5.75 Å². The van der Waals surface area contributed by atoms with Crippen LogP contribution < -0.4 is 21.9 Å². The SMILES string of the molecule is Nc1nc(SCC(=O)Nc2cccc(F)c2)[nH]c(=O)c1NC(=O)c1ccc(F)c(F)c1. The number of carbonyl (C=O) groups is 2. The molecule has 2 amide bonds. The van der Waals surface area contributed by atoms with Gasteiger partial charge in [-0.1, -0.05) is 17.8 Å². The zero-order valence-electron chi connectivity index (χ0n) is 15.5. The van der Waals surface area contributed by atoms with Crippen LogP contribution in [-0.2, 0) is 4.79 Å². The Kier molecular flexibility index (Phi) is 6.60. The van der Waals surface area contributed by atoms with Crippen molar-refractivity contribution in [2.45, 2.75) is 5.16 Å². The van der Waals surface area contributed by atoms with Crippen LogP contribution in [0, 0.1) is 17.5 Å². The van der Waals surface area contributed by atoms with Gasteiger partial charge in [-0.05, 0) is 36.4 Å². The minimum absolute atomic E-state index is 0.00252. The highest BCUT2D eigenvalue weighted by Crippen LogP contribution is 2.18. The van der Waals surface area contributed by atoms with Gasteiger partial charge in [-0.25, -0.2) is 18.2 Å². The lowest BCUT2D eigenvalue weighted by Gasteiger charge is -2.09. The Morgan fingerprint density at radius 2 is 1.84 bits per heavy atom. The predicted octanol–water partition coefficient (Wildman–Crippen LogP) is 2.75. The molecule has 5 N–H and O–H groups in total. The fourth-order valence-electron chi connectivity index (χ4n) is 2.38. The molecule has 0 spiro atoms. The van der Waals surface area contributed by atoms with Gasteiger partial charge in [0.2, 0.25) is 5.91 Å². The van der Waals surface area contributed by atoms with Crippen molar-refractivity contribution in [1.82, 2.24) is 9.97 Å². The first-order valence-corrected chi connectivity index (χ1v) is 9.56. The lowest BCUT2D eigenvalue weighted by molar-refractivity contribution is -0.113. The van der Waals surface area contributed by atoms with E-state index in [9.17, 15) is 27.6 Å². The second-order valence-corrected chi connectivity index (χ2v) is 7.03. The number of nitrogen functional groups attached to an aromatic ring is 1. The molecule has 0 aliphatic carbocycles. The zero-order valence-corrected chi connectivity index (χ0v) is 16.4. The first-order valence-electron chi connectivity index (χ1n) is 8.57. The van der Waals surface area contributed by atoms with Gasteiger partial charge in [-0.2, -0.15) is 0 Å². The lowest BCUT2D eigenvalue weighted by Crippen LogP contribution is -2.23. The summed E-state index contributed by atoms with van der Waals surface area (Å²) in [5.74, 6) is -4.74. The minimum atomic E-state index is -1.23. The van der Waals surface area contributed by atoms with Crippen molar-refractivity contribution in [3.63, 3.8) is 0 Å². The van der Waals surface area contributed by atoms with Gasteiger partial charge in [0.25, 0.3) is 11.5 Å². The maximum absolute atomic E-state index is 13.3. The van der Waals surface area contributed by atoms with Crippen molar-refractivity contribution in [1.29, 1.82) is 0 Å². The van der Waals surface area contributed by atoms with E-state index in [0.717, 1.165) is 30.0 Å². The Morgan fingerprint density at radius 1 is 1.06 bits per heavy atom. The van der Waals surface area contributed by atoms with Crippen LogP contribution in [0.3, 0.4) is 0 Å². The number of benzene rings is 2. The van der Waals surface area contributed by atoms with E-state index in [1.165, 1.54) is 18.2 Å². The van der Waals surface area contributed by atoms with Crippen molar-refractivity contribution >= 4 is 40.8 Å². The number of anilines is 3. The molecule has 1 heterocycles. The molecule has 0 saturated carbocycles. The van der Waals surface area contributed by atoms with Gasteiger partial charge in [0.15, 0.2) is 22.6 Å². The van der Waals surface area contributed by atoms with E-state index in [1.807, 2.05) is 0 Å². The van der Waals surface area contributed by atoms with Crippen LogP contribution in [0.25, 0.3) is 0 Å². The smallest absolute Gasteiger partial charge is 0.277 e. The molecule has 0 radical (unpaired) electrons. The van der Waals surface area contributed by atoms with E-state index in [0.29, 0.717) is 6.07 Å². The van der Waals surface area contributed by atoms with E-state index in [1.54, 1.807) is 0 Å². The molecule has 160 valence electrons. The molecule has 0 saturated heterocycles. The molecule has 12 heteroatoms. The number of H-pyrrole nitrogens is 1. The third-order valence-electron chi connectivity index (χ3n) is 3.79. The Balaban J connectivity index is 1.65. The number of halogens is 3. The highest BCUT2D eigenvalue weighted by molar-refractivity contribution is 7.99. The van der Waals surface area contributed by atoms with Gasteiger partial charge in [-0.3, -0.25) is 19.4 Å². The number of nitrogens with zero attached hydrogens (tertiary/aromatic N) is 1. The van der Waals surface area contributed by atoms with E-state index >= 15 is 0 Å². The molecular formula is C19H14F3N5O3S. The monoisotopic (exact) mass is 449 g/mol. The molecule has 0 fully saturated rings. The van der Waals surface area contributed by atoms with Crippen molar-refractivity contribution in [2.75, 3.05) is 22.1 Å². The van der Waals surface area contributed by atoms with Crippen molar-refractivity contribution in [3.05, 3.63) is 75.8 Å². The van der Waals surface area contributed by atoms with Gasteiger partial charge in [0, 0.05) is 11.3 Å². The summed E-state index contributed by atoms with van der Waals surface area (Å²) in [5, 5.41) is 4.67. The topological polar surface area (TPSA) is 130 Å². The number of thioether (sulfide) groups is 1. The second kappa shape index (κ2) is 9.34. The lowest BCUT2D eigenvalue weighted by atomic mass is 10.2. The van der Waals surface area contributed by atoms with Crippen LogP contribution in [0.4, 0.5) is 30.4 Å². The fraction of sp³-hybridized carbons (Fsp3) is 0.0526. The molecule has 0 atom stereocenters. The number of carbonyl (C=O) groups excluding carboxylic acids is 2. The van der Waals surface area contributed by atoms with Crippen molar-refractivity contribution < 1.29 is 22.8 Å². The normalized spacial score (nSPS) is 10.5. The number of nitrogens with two attached hydrogens (primary N) is 1. The summed E-state index contributed by atoms with van der Waals surface area (Å²) in [4.78, 5) is 42.6. The average molecular weight is 449 g/mol. The standard InChI is InChI=1S/C19H14F3N5O3S/c20-10-2-1-3-11(7-10)24-14(28)8-31-19-26-16(23)15(18(30)27-19)25-17(29)9-4-5-12(21)13(22)6-9/h1-7H,8H2,(H,24,28)(H,25,29)(H3,23,26,27,30). The Hall–Kier alpha value is -3.80. The van der Waals surface area contributed by atoms with Crippen LogP contribution in [-0.4, -0.2) is 27.5 Å². The number of hydrogen-bond acceptors (Lipinski definition) is 6. The van der Waals surface area contributed by atoms with Crippen LogP contribution in [0.5, 0.6) is 0 Å². The van der Waals surface area contributed by atoms with Crippen molar-refractivity contribution in [2.24, 2.45) is 0 Å². The first-order chi connectivity index (χ1) is 14.7. The first kappa shape index (κ1) is 21.9. The minimum Gasteiger partial charge on any atom is -0.382 e. The van der Waals surface area contributed by atoms with E-state index in [4.69, 9.17) is 5.73 Å². The summed E-state index contributed by atoms with van der Waals surface area (Å²) in [6.45, 7) is 0. The van der Waals surface area contributed by atoms with Gasteiger partial charge in [0.1, 0.15) is 11.5 Å². The second-order valence-electron chi connectivity index (χ2n) is 6.06. The highest BCUT2D eigenvalue weighted by Gasteiger charge is 2.16. The van der Waals surface area contributed by atoms with Crippen molar-refractivity contribution in [3.8, 4) is 0 Å². The van der Waals surface area contributed by atoms with Crippen LogP contribution in [0.1, 0.15) is 10.4 Å². The largest absolute Gasteiger partial charge is 0.382 e. The maximum atomic E-state index is 13.3. The van der Waals surface area contributed by atoms with Gasteiger partial charge >= 0.3 is 0 Å². The predicted molar refractivity (Wildman–Crippen MR) is 109 cm³/mol. The third-order valence-corrected chi connectivity index (χ3v) is 4.67. The number of nitrogens with one attached hydrogen (secondary N) is 3. The average Bonchev–Trinajstić information content (AvgIpc) is 2.71. The van der Waals surface area contributed by atoms with Crippen LogP contribution in [0.15, 0.2) is 52.4 Å². The molecule has 1 aromatic heterocycles. The van der Waals surface area contributed by atoms with E-state index in [2.05, 4.69) is 20.6 Å². The fourth-order valence-corrected chi connectivity index (χ4v) is 3.05. The van der Waals surface area contributed by atoms with Crippen LogP contribution in [0.2, 0.25) is 0 Å². The van der Waals surface area contributed by atoms with Gasteiger partial charge in [-0.15, -0.1) is 0 Å². The Bertz CT molecular complexity index is 1220. The summed E-state index contributed by atoms with van der Waals surface area (Å²) < 4.78 is 39.4. The zero-order chi connectivity index (χ0) is 22.5. The number of aromatic amines is 1. The Labute approximate surface area is 177 Å². The molecule has 0 bridgehead atoms. The van der Waals surface area contributed by atoms with Gasteiger partial charge < -0.3 is 16.4 Å². The third kappa shape index (κ3) is 5.63. The van der Waals surface area contributed by atoms with E-state index in [-0.39, 0.29) is 33.7 Å². The summed E-state index contributed by atoms with van der Waals surface area (Å²) in [6, 6.07) is 7.79. The summed E-state index contributed by atoms with van der Waals surface area (Å²) in [7, 11) is 0. The van der Waals surface area contributed by atoms with Crippen LogP contribution >= 0.6 is 11.8 Å². The summed E-state index contributed by atoms with van der Waals surface area (Å²) >= 11 is 0.851. The molecule has 0 aliphatic rings. The van der Waals surface area contributed by atoms with E-state index < -0.39 is 34.8 Å². The maximum Gasteiger partial charge on any atom is 0.277 e. The number of rotatable bonds is 6. The number of aromatic nitrogens is 2. The molecule has 8 nitrogen and oxygen atoms in total. The molecule has 2 aromatic carbocycles. The quantitative estimate of drug-likeness (QED) is 0.338. The molecular weight excluding hydrogens is 435 g/mol. The Morgan fingerprint density at radius 3 is 2.52 bits per heavy atom. The molecule has 0 unspecified atom stereocenters. The molecule has 3 aromatic rings. The number of hydrogen-bond donors (Lipinski definition) is 4. The molecule has 0 aliphatic heterocycles. The summed E-state index contributed by atoms with van der Waals surface area (Å²) in [6.07, 6.45) is 0. The summed E-state index contributed by atoms with van der Waals surface area (Å²) in [5.41, 5.74) is 4.55. The number of amides is 2. The molecule has 3 rings (SSSR count). The highest BCUT2D eigenvalue weighted by atomic mass is 32.2.